The topological polar surface area (TPSA) is 74.0 Å². The molecule has 5 rings (SSSR count). The van der Waals surface area contributed by atoms with Crippen LogP contribution in [-0.4, -0.2) is 46.2 Å². The highest BCUT2D eigenvalue weighted by atomic mass is 16.3. The van der Waals surface area contributed by atoms with Crippen LogP contribution in [0, 0.1) is 6.92 Å². The maximum atomic E-state index is 13.4. The van der Waals surface area contributed by atoms with Crippen molar-refractivity contribution in [3.63, 3.8) is 0 Å². The lowest BCUT2D eigenvalue weighted by atomic mass is 9.94. The molecule has 2 aliphatic heterocycles. The van der Waals surface area contributed by atoms with Gasteiger partial charge in [-0.05, 0) is 56.1 Å². The van der Waals surface area contributed by atoms with Crippen molar-refractivity contribution in [2.75, 3.05) is 19.6 Å². The van der Waals surface area contributed by atoms with E-state index in [2.05, 4.69) is 17.0 Å². The van der Waals surface area contributed by atoms with Gasteiger partial charge >= 0.3 is 0 Å². The van der Waals surface area contributed by atoms with Crippen LogP contribution in [0.2, 0.25) is 0 Å². The molecular formula is C28H28N2O4. The number of furan rings is 1. The second kappa shape index (κ2) is 9.31. The van der Waals surface area contributed by atoms with Gasteiger partial charge in [-0.15, -0.1) is 0 Å². The minimum Gasteiger partial charge on any atom is -0.503 e. The largest absolute Gasteiger partial charge is 0.503 e. The van der Waals surface area contributed by atoms with Gasteiger partial charge in [-0.1, -0.05) is 60.2 Å². The third-order valence-electron chi connectivity index (χ3n) is 6.82. The van der Waals surface area contributed by atoms with Gasteiger partial charge in [-0.2, -0.15) is 0 Å². The van der Waals surface area contributed by atoms with Gasteiger partial charge in [0.05, 0.1) is 23.9 Å². The molecule has 1 saturated heterocycles. The maximum absolute atomic E-state index is 13.4. The third kappa shape index (κ3) is 4.05. The number of aliphatic hydroxyl groups excluding tert-OH is 1. The van der Waals surface area contributed by atoms with E-state index in [1.54, 1.807) is 17.0 Å². The van der Waals surface area contributed by atoms with Crippen LogP contribution < -0.4 is 0 Å². The molecule has 6 nitrogen and oxygen atoms in total. The highest BCUT2D eigenvalue weighted by molar-refractivity contribution is 6.15. The maximum Gasteiger partial charge on any atom is 0.290 e. The molecule has 0 aliphatic carbocycles. The highest BCUT2D eigenvalue weighted by Crippen LogP contribution is 2.41. The zero-order valence-electron chi connectivity index (χ0n) is 19.2. The number of rotatable bonds is 7. The standard InChI is InChI=1S/C28H28N2O4/c1-19-11-13-21(14-12-19)25-24(26(31)23-10-7-17-34-23)27(32)28(33)30(25)18-22(29-15-5-6-16-29)20-8-3-2-4-9-20/h2-4,7-14,17,22,25,32H,5-6,15-16,18H2,1H3. The summed E-state index contributed by atoms with van der Waals surface area (Å²) in [6.07, 6.45) is 3.65. The summed E-state index contributed by atoms with van der Waals surface area (Å²) >= 11 is 0. The number of benzene rings is 2. The van der Waals surface area contributed by atoms with Gasteiger partial charge in [-0.25, -0.2) is 0 Å². The molecule has 1 N–H and O–H groups in total. The van der Waals surface area contributed by atoms with Crippen molar-refractivity contribution in [3.05, 3.63) is 107 Å². The third-order valence-corrected chi connectivity index (χ3v) is 6.82. The number of aliphatic hydroxyl groups is 1. The summed E-state index contributed by atoms with van der Waals surface area (Å²) in [5.74, 6) is -1.39. The van der Waals surface area contributed by atoms with E-state index in [9.17, 15) is 14.7 Å². The number of hydrogen-bond donors (Lipinski definition) is 1. The van der Waals surface area contributed by atoms with Crippen LogP contribution in [0.3, 0.4) is 0 Å². The van der Waals surface area contributed by atoms with Crippen LogP contribution in [0.1, 0.15) is 52.2 Å². The van der Waals surface area contributed by atoms with Crippen molar-refractivity contribution < 1.29 is 19.1 Å². The summed E-state index contributed by atoms with van der Waals surface area (Å²) in [7, 11) is 0. The van der Waals surface area contributed by atoms with E-state index in [0.717, 1.165) is 42.6 Å². The first-order valence-corrected chi connectivity index (χ1v) is 11.7. The molecule has 2 aromatic carbocycles. The molecule has 1 fully saturated rings. The van der Waals surface area contributed by atoms with Crippen LogP contribution in [0.5, 0.6) is 0 Å². The number of nitrogens with zero attached hydrogens (tertiary/aromatic N) is 2. The van der Waals surface area contributed by atoms with Crippen molar-refractivity contribution in [1.29, 1.82) is 0 Å². The quantitative estimate of drug-likeness (QED) is 0.506. The minimum atomic E-state index is -0.695. The SMILES string of the molecule is Cc1ccc(C2C(C(=O)c3ccco3)=C(O)C(=O)N2CC(c2ccccc2)N2CCCC2)cc1. The number of carbonyl (C=O) groups excluding carboxylic acids is 2. The lowest BCUT2D eigenvalue weighted by Gasteiger charge is -2.35. The van der Waals surface area contributed by atoms with Crippen LogP contribution >= 0.6 is 0 Å². The van der Waals surface area contributed by atoms with Gasteiger partial charge in [0.25, 0.3) is 5.91 Å². The van der Waals surface area contributed by atoms with Crippen molar-refractivity contribution in [3.8, 4) is 0 Å². The molecule has 174 valence electrons. The van der Waals surface area contributed by atoms with Crippen molar-refractivity contribution in [2.24, 2.45) is 0 Å². The molecule has 0 radical (unpaired) electrons. The molecule has 2 unspecified atom stereocenters. The molecule has 0 bridgehead atoms. The number of carbonyl (C=O) groups is 2. The Morgan fingerprint density at radius 2 is 1.74 bits per heavy atom. The van der Waals surface area contributed by atoms with Gasteiger partial charge in [0.1, 0.15) is 0 Å². The average molecular weight is 457 g/mol. The second-order valence-corrected chi connectivity index (χ2v) is 9.01. The normalized spacial score (nSPS) is 19.7. The Kier molecular flexibility index (Phi) is 6.07. The molecule has 6 heteroatoms. The number of amides is 1. The summed E-state index contributed by atoms with van der Waals surface area (Å²) in [4.78, 5) is 30.8. The van der Waals surface area contributed by atoms with E-state index in [4.69, 9.17) is 4.42 Å². The summed E-state index contributed by atoms with van der Waals surface area (Å²) in [5.41, 5.74) is 3.04. The number of aryl methyl sites for hydroxylation is 1. The van der Waals surface area contributed by atoms with Gasteiger partial charge in [0, 0.05) is 6.54 Å². The second-order valence-electron chi connectivity index (χ2n) is 9.01. The van der Waals surface area contributed by atoms with E-state index >= 15 is 0 Å². The zero-order valence-corrected chi connectivity index (χ0v) is 19.2. The Labute approximate surface area is 199 Å². The molecule has 2 atom stereocenters. The van der Waals surface area contributed by atoms with Crippen LogP contribution in [0.4, 0.5) is 0 Å². The highest BCUT2D eigenvalue weighted by Gasteiger charge is 2.45. The fraction of sp³-hybridized carbons (Fsp3) is 0.286. The predicted molar refractivity (Wildman–Crippen MR) is 128 cm³/mol. The molecule has 3 aromatic rings. The molecular weight excluding hydrogens is 428 g/mol. The number of hydrogen-bond acceptors (Lipinski definition) is 5. The van der Waals surface area contributed by atoms with E-state index in [1.165, 1.54) is 6.26 Å². The summed E-state index contributed by atoms with van der Waals surface area (Å²) in [6.45, 7) is 4.26. The molecule has 1 aromatic heterocycles. The number of likely N-dealkylation sites (tertiary alicyclic amines) is 1. The lowest BCUT2D eigenvalue weighted by Crippen LogP contribution is -2.40. The minimum absolute atomic E-state index is 0.0357. The Morgan fingerprint density at radius 3 is 2.38 bits per heavy atom. The molecule has 0 saturated carbocycles. The van der Waals surface area contributed by atoms with E-state index in [1.807, 2.05) is 49.4 Å². The van der Waals surface area contributed by atoms with Gasteiger partial charge in [-0.3, -0.25) is 14.5 Å². The number of Topliss-reactive ketones (excluding diaryl/α,β-unsaturated/α-hetero) is 1. The van der Waals surface area contributed by atoms with E-state index in [-0.39, 0.29) is 17.4 Å². The molecule has 1 amide bonds. The van der Waals surface area contributed by atoms with Gasteiger partial charge in [0.2, 0.25) is 5.78 Å². The first kappa shape index (κ1) is 22.2. The molecule has 2 aliphatic rings. The summed E-state index contributed by atoms with van der Waals surface area (Å²) in [6, 6.07) is 20.3. The van der Waals surface area contributed by atoms with Crippen molar-refractivity contribution in [1.82, 2.24) is 9.80 Å². The first-order chi connectivity index (χ1) is 16.5. The van der Waals surface area contributed by atoms with Crippen LogP contribution in [0.25, 0.3) is 0 Å². The van der Waals surface area contributed by atoms with Gasteiger partial charge in [0.15, 0.2) is 11.5 Å². The van der Waals surface area contributed by atoms with Crippen LogP contribution in [0.15, 0.2) is 88.7 Å². The lowest BCUT2D eigenvalue weighted by molar-refractivity contribution is -0.130. The fourth-order valence-corrected chi connectivity index (χ4v) is 5.06. The van der Waals surface area contributed by atoms with Gasteiger partial charge < -0.3 is 14.4 Å². The zero-order chi connectivity index (χ0) is 23.7. The summed E-state index contributed by atoms with van der Waals surface area (Å²) < 4.78 is 5.33. The molecule has 0 spiro atoms. The Balaban J connectivity index is 1.56. The Bertz CT molecular complexity index is 1190. The molecule has 3 heterocycles. The fourth-order valence-electron chi connectivity index (χ4n) is 5.06. The average Bonchev–Trinajstić information content (AvgIpc) is 3.62. The Morgan fingerprint density at radius 1 is 1.03 bits per heavy atom. The monoisotopic (exact) mass is 456 g/mol. The predicted octanol–water partition coefficient (Wildman–Crippen LogP) is 5.00. The Hall–Kier alpha value is -3.64. The van der Waals surface area contributed by atoms with Crippen molar-refractivity contribution >= 4 is 11.7 Å². The smallest absolute Gasteiger partial charge is 0.290 e. The summed E-state index contributed by atoms with van der Waals surface area (Å²) in [5, 5.41) is 10.9. The molecule has 34 heavy (non-hydrogen) atoms. The van der Waals surface area contributed by atoms with Crippen LogP contribution in [-0.2, 0) is 4.79 Å². The van der Waals surface area contributed by atoms with Crippen molar-refractivity contribution in [2.45, 2.75) is 31.8 Å². The number of ketones is 1. The van der Waals surface area contributed by atoms with E-state index < -0.39 is 23.5 Å². The first-order valence-electron chi connectivity index (χ1n) is 11.7. The van der Waals surface area contributed by atoms with E-state index in [0.29, 0.717) is 6.54 Å².